The molecule has 0 fully saturated rings. The summed E-state index contributed by atoms with van der Waals surface area (Å²) in [5.41, 5.74) is -1.02. The van der Waals surface area contributed by atoms with E-state index in [1.165, 1.54) is 0 Å². The van der Waals surface area contributed by atoms with Crippen molar-refractivity contribution in [2.75, 3.05) is 23.0 Å². The Morgan fingerprint density at radius 3 is 2.00 bits per heavy atom. The quantitative estimate of drug-likeness (QED) is 0.507. The van der Waals surface area contributed by atoms with Crippen LogP contribution in [0.15, 0.2) is 0 Å². The number of rotatable bonds is 12. The summed E-state index contributed by atoms with van der Waals surface area (Å²) in [5.74, 6) is 2.55. The van der Waals surface area contributed by atoms with Gasteiger partial charge in [0, 0.05) is 44.6 Å². The van der Waals surface area contributed by atoms with E-state index in [1.807, 2.05) is 0 Å². The second-order valence-electron chi connectivity index (χ2n) is 6.32. The Labute approximate surface area is 138 Å². The minimum Gasteiger partial charge on any atom is -0.303 e. The monoisotopic (exact) mass is 376 g/mol. The van der Waals surface area contributed by atoms with Crippen molar-refractivity contribution in [3.8, 4) is 0 Å². The molecule has 0 radical (unpaired) electrons. The Bertz CT molecular complexity index is 419. The predicted molar refractivity (Wildman–Crippen MR) is 91.6 cm³/mol. The fourth-order valence-corrected chi connectivity index (χ4v) is 5.39. The highest BCUT2D eigenvalue weighted by Crippen LogP contribution is 2.42. The molecule has 0 aromatic rings. The van der Waals surface area contributed by atoms with E-state index >= 15 is 0 Å². The Morgan fingerprint density at radius 1 is 1.05 bits per heavy atom. The lowest BCUT2D eigenvalue weighted by Gasteiger charge is -2.24. The van der Waals surface area contributed by atoms with E-state index in [2.05, 4.69) is 18.4 Å². The number of hydrogen-bond acceptors (Lipinski definition) is 4. The molecule has 2 N–H and O–H groups in total. The maximum absolute atomic E-state index is 11.9. The summed E-state index contributed by atoms with van der Waals surface area (Å²) < 4.78 is 39.0. The zero-order chi connectivity index (χ0) is 17.4. The lowest BCUT2D eigenvalue weighted by atomic mass is 10.1. The molecule has 0 heterocycles. The molecule has 2 atom stereocenters. The Kier molecular flexibility index (Phi) is 10.5. The van der Waals surface area contributed by atoms with E-state index in [-0.39, 0.29) is 0 Å². The molecule has 0 aromatic carbocycles. The van der Waals surface area contributed by atoms with E-state index in [9.17, 15) is 13.0 Å². The van der Waals surface area contributed by atoms with Gasteiger partial charge in [-0.3, -0.25) is 12.9 Å². The van der Waals surface area contributed by atoms with Gasteiger partial charge in [0.25, 0.3) is 0 Å². The molecule has 0 aromatic heterocycles. The van der Waals surface area contributed by atoms with Crippen LogP contribution in [-0.2, 0) is 30.7 Å². The van der Waals surface area contributed by atoms with Gasteiger partial charge in [-0.25, -0.2) is 4.57 Å². The molecule has 22 heavy (non-hydrogen) atoms. The number of phosphoric ester groups is 1. The summed E-state index contributed by atoms with van der Waals surface area (Å²) in [5, 5.41) is 0. The van der Waals surface area contributed by atoms with E-state index < -0.39 is 35.0 Å². The van der Waals surface area contributed by atoms with Gasteiger partial charge in [0.05, 0.1) is 5.60 Å². The van der Waals surface area contributed by atoms with Gasteiger partial charge in [0.1, 0.15) is 0 Å². The largest absolute Gasteiger partial charge is 0.470 e. The minimum absolute atomic E-state index is 0.293. The van der Waals surface area contributed by atoms with Crippen molar-refractivity contribution in [2.45, 2.75) is 52.6 Å². The molecule has 2 unspecified atom stereocenters. The molecule has 0 aliphatic heterocycles. The second kappa shape index (κ2) is 10.3. The standard InChI is InChI=1S/C13H29O6PS2/c1-12(2)6-10-21(17)8-5-9-22(18)11-7-13(3,4)19-20(14,15)16/h12H,5-11H2,1-4H3,(H2,14,15,16). The van der Waals surface area contributed by atoms with Crippen LogP contribution in [0.1, 0.15) is 47.0 Å². The van der Waals surface area contributed by atoms with Crippen LogP contribution >= 0.6 is 7.82 Å². The Hall–Kier alpha value is 0.410. The van der Waals surface area contributed by atoms with Crippen molar-refractivity contribution < 1.29 is 27.3 Å². The Balaban J connectivity index is 3.91. The van der Waals surface area contributed by atoms with E-state index in [1.54, 1.807) is 13.8 Å². The van der Waals surface area contributed by atoms with Crippen molar-refractivity contribution in [2.24, 2.45) is 5.92 Å². The van der Waals surface area contributed by atoms with E-state index in [0.717, 1.165) is 6.42 Å². The number of hydrogen-bond donors (Lipinski definition) is 2. The summed E-state index contributed by atoms with van der Waals surface area (Å²) in [6.07, 6.45) is 1.86. The van der Waals surface area contributed by atoms with Crippen molar-refractivity contribution in [3.63, 3.8) is 0 Å². The summed E-state index contributed by atoms with van der Waals surface area (Å²) in [6.45, 7) is 7.30. The van der Waals surface area contributed by atoms with Gasteiger partial charge in [-0.05, 0) is 39.0 Å². The maximum Gasteiger partial charge on any atom is 0.470 e. The zero-order valence-electron chi connectivity index (χ0n) is 13.8. The van der Waals surface area contributed by atoms with Gasteiger partial charge in [-0.15, -0.1) is 0 Å². The Morgan fingerprint density at radius 2 is 1.55 bits per heavy atom. The topological polar surface area (TPSA) is 101 Å². The molecule has 0 bridgehead atoms. The fourth-order valence-electron chi connectivity index (χ4n) is 1.68. The van der Waals surface area contributed by atoms with Gasteiger partial charge in [-0.1, -0.05) is 13.8 Å². The average molecular weight is 376 g/mol. The molecule has 9 heteroatoms. The van der Waals surface area contributed by atoms with Gasteiger partial charge >= 0.3 is 7.82 Å². The highest BCUT2D eigenvalue weighted by atomic mass is 32.2. The first-order valence-electron chi connectivity index (χ1n) is 7.37. The van der Waals surface area contributed by atoms with Crippen LogP contribution in [-0.4, -0.2) is 46.8 Å². The minimum atomic E-state index is -4.54. The van der Waals surface area contributed by atoms with E-state index in [0.29, 0.717) is 41.8 Å². The molecule has 6 nitrogen and oxygen atoms in total. The average Bonchev–Trinajstić information content (AvgIpc) is 2.31. The molecule has 0 amide bonds. The third kappa shape index (κ3) is 14.0. The van der Waals surface area contributed by atoms with E-state index in [4.69, 9.17) is 9.79 Å². The van der Waals surface area contributed by atoms with Crippen LogP contribution in [0.3, 0.4) is 0 Å². The summed E-state index contributed by atoms with van der Waals surface area (Å²) in [6, 6.07) is 0. The maximum atomic E-state index is 11.9. The first kappa shape index (κ1) is 22.4. The predicted octanol–water partition coefficient (Wildman–Crippen LogP) is 2.20. The van der Waals surface area contributed by atoms with Gasteiger partial charge < -0.3 is 9.79 Å². The van der Waals surface area contributed by atoms with Crippen LogP contribution < -0.4 is 0 Å². The summed E-state index contributed by atoms with van der Waals surface area (Å²) in [7, 11) is -6.48. The van der Waals surface area contributed by atoms with Crippen molar-refractivity contribution in [1.29, 1.82) is 0 Å². The molecule has 0 rings (SSSR count). The summed E-state index contributed by atoms with van der Waals surface area (Å²) >= 11 is 0. The third-order valence-electron chi connectivity index (χ3n) is 2.96. The lowest BCUT2D eigenvalue weighted by molar-refractivity contribution is 0.0629. The van der Waals surface area contributed by atoms with Gasteiger partial charge in [-0.2, -0.15) is 0 Å². The fraction of sp³-hybridized carbons (Fsp3) is 1.00. The van der Waals surface area contributed by atoms with Crippen molar-refractivity contribution in [3.05, 3.63) is 0 Å². The first-order valence-corrected chi connectivity index (χ1v) is 11.9. The molecule has 0 aliphatic carbocycles. The molecule has 0 aliphatic rings. The molecular weight excluding hydrogens is 347 g/mol. The van der Waals surface area contributed by atoms with Gasteiger partial charge in [0.2, 0.25) is 0 Å². The summed E-state index contributed by atoms with van der Waals surface area (Å²) in [4.78, 5) is 17.6. The van der Waals surface area contributed by atoms with Crippen molar-refractivity contribution in [1.82, 2.24) is 0 Å². The van der Waals surface area contributed by atoms with Crippen LogP contribution in [0, 0.1) is 5.92 Å². The highest BCUT2D eigenvalue weighted by Gasteiger charge is 2.29. The molecule has 134 valence electrons. The van der Waals surface area contributed by atoms with Crippen LogP contribution in [0.25, 0.3) is 0 Å². The van der Waals surface area contributed by atoms with Crippen LogP contribution in [0.2, 0.25) is 0 Å². The normalized spacial score (nSPS) is 16.0. The highest BCUT2D eigenvalue weighted by molar-refractivity contribution is 7.85. The molecular formula is C13H29O6PS2. The molecule has 0 spiro atoms. The lowest BCUT2D eigenvalue weighted by Crippen LogP contribution is -2.26. The number of phosphoric acid groups is 1. The SMILES string of the molecule is CC(C)CCS(=O)CCCS(=O)CCC(C)(C)OP(=O)(O)O. The van der Waals surface area contributed by atoms with Crippen LogP contribution in [0.5, 0.6) is 0 Å². The zero-order valence-corrected chi connectivity index (χ0v) is 16.3. The van der Waals surface area contributed by atoms with Crippen LogP contribution in [0.4, 0.5) is 0 Å². The smallest absolute Gasteiger partial charge is 0.303 e. The first-order chi connectivity index (χ1) is 9.91. The molecule has 0 saturated carbocycles. The van der Waals surface area contributed by atoms with Gasteiger partial charge in [0.15, 0.2) is 0 Å². The molecule has 0 saturated heterocycles. The second-order valence-corrected chi connectivity index (χ2v) is 10.9. The van der Waals surface area contributed by atoms with Crippen molar-refractivity contribution >= 4 is 29.4 Å². The third-order valence-corrected chi connectivity index (χ3v) is 6.54.